The van der Waals surface area contributed by atoms with E-state index < -0.39 is 0 Å². The molecular formula is C23H29N3O3. The van der Waals surface area contributed by atoms with Gasteiger partial charge in [-0.2, -0.15) is 0 Å². The number of hydrogen-bond acceptors (Lipinski definition) is 4. The Morgan fingerprint density at radius 2 is 1.79 bits per heavy atom. The van der Waals surface area contributed by atoms with Crippen molar-refractivity contribution in [2.45, 2.75) is 39.3 Å². The van der Waals surface area contributed by atoms with Gasteiger partial charge in [0.1, 0.15) is 0 Å². The van der Waals surface area contributed by atoms with E-state index in [2.05, 4.69) is 17.0 Å². The number of benzene rings is 2. The van der Waals surface area contributed by atoms with Crippen molar-refractivity contribution in [2.24, 2.45) is 5.92 Å². The van der Waals surface area contributed by atoms with E-state index in [1.54, 1.807) is 19.1 Å². The summed E-state index contributed by atoms with van der Waals surface area (Å²) in [6.45, 7) is 8.57. The maximum Gasteiger partial charge on any atom is 0.273 e. The highest BCUT2D eigenvalue weighted by molar-refractivity contribution is 5.73. The van der Waals surface area contributed by atoms with Crippen molar-refractivity contribution < 1.29 is 9.72 Å². The standard InChI is InChI=1S/C23H29N3O3/c1-17(2)25(18(3)27)15-21-14-24(16-22(21)19-9-5-4-6-10-19)13-20-11-7-8-12-23(20)26(28)29/h4-12,17,21-22H,13-16H2,1-3H3. The van der Waals surface area contributed by atoms with Gasteiger partial charge in [-0.05, 0) is 25.3 Å². The molecule has 0 aliphatic carbocycles. The first-order valence-electron chi connectivity index (χ1n) is 10.1. The Morgan fingerprint density at radius 3 is 2.41 bits per heavy atom. The van der Waals surface area contributed by atoms with Crippen LogP contribution >= 0.6 is 0 Å². The summed E-state index contributed by atoms with van der Waals surface area (Å²) in [7, 11) is 0. The Labute approximate surface area is 172 Å². The molecule has 0 N–H and O–H groups in total. The van der Waals surface area contributed by atoms with Crippen molar-refractivity contribution in [1.29, 1.82) is 0 Å². The third kappa shape index (κ3) is 5.01. The summed E-state index contributed by atoms with van der Waals surface area (Å²) in [6.07, 6.45) is 0. The van der Waals surface area contributed by atoms with Gasteiger partial charge in [0, 0.05) is 56.7 Å². The molecule has 1 aliphatic rings. The highest BCUT2D eigenvalue weighted by Gasteiger charge is 2.36. The maximum absolute atomic E-state index is 12.1. The van der Waals surface area contributed by atoms with E-state index in [1.807, 2.05) is 49.1 Å². The fourth-order valence-corrected chi connectivity index (χ4v) is 4.37. The van der Waals surface area contributed by atoms with Crippen LogP contribution in [0, 0.1) is 16.0 Å². The number of hydrogen-bond donors (Lipinski definition) is 0. The van der Waals surface area contributed by atoms with Crippen LogP contribution in [0.15, 0.2) is 54.6 Å². The summed E-state index contributed by atoms with van der Waals surface area (Å²) in [4.78, 5) is 27.4. The first-order chi connectivity index (χ1) is 13.9. The highest BCUT2D eigenvalue weighted by Crippen LogP contribution is 2.35. The summed E-state index contributed by atoms with van der Waals surface area (Å²) in [5.74, 6) is 0.662. The molecule has 1 amide bonds. The molecule has 6 nitrogen and oxygen atoms in total. The van der Waals surface area contributed by atoms with Gasteiger partial charge in [-0.25, -0.2) is 0 Å². The van der Waals surface area contributed by atoms with E-state index in [9.17, 15) is 14.9 Å². The fourth-order valence-electron chi connectivity index (χ4n) is 4.37. The normalized spacial score (nSPS) is 19.4. The van der Waals surface area contributed by atoms with Crippen LogP contribution in [0.1, 0.15) is 37.8 Å². The van der Waals surface area contributed by atoms with E-state index in [4.69, 9.17) is 0 Å². The van der Waals surface area contributed by atoms with Gasteiger partial charge in [0.25, 0.3) is 5.69 Å². The molecule has 0 aromatic heterocycles. The molecule has 2 unspecified atom stereocenters. The van der Waals surface area contributed by atoms with Gasteiger partial charge < -0.3 is 4.90 Å². The molecule has 154 valence electrons. The Hall–Kier alpha value is -2.73. The lowest BCUT2D eigenvalue weighted by Gasteiger charge is -2.30. The molecule has 1 heterocycles. The minimum absolute atomic E-state index is 0.0870. The zero-order chi connectivity index (χ0) is 21.0. The Bertz CT molecular complexity index is 853. The van der Waals surface area contributed by atoms with Crippen molar-refractivity contribution in [3.63, 3.8) is 0 Å². The molecule has 2 atom stereocenters. The minimum Gasteiger partial charge on any atom is -0.340 e. The Kier molecular flexibility index (Phi) is 6.64. The third-order valence-electron chi connectivity index (χ3n) is 5.79. The second kappa shape index (κ2) is 9.18. The quantitative estimate of drug-likeness (QED) is 0.524. The minimum atomic E-state index is -0.312. The number of carbonyl (C=O) groups excluding carboxylic acids is 1. The smallest absolute Gasteiger partial charge is 0.273 e. The Balaban J connectivity index is 1.83. The van der Waals surface area contributed by atoms with Crippen LogP contribution in [0.25, 0.3) is 0 Å². The van der Waals surface area contributed by atoms with Gasteiger partial charge >= 0.3 is 0 Å². The van der Waals surface area contributed by atoms with E-state index in [0.717, 1.165) is 18.7 Å². The second-order valence-electron chi connectivity index (χ2n) is 8.12. The number of nitro groups is 1. The van der Waals surface area contributed by atoms with Crippen LogP contribution in [0.3, 0.4) is 0 Å². The molecule has 1 fully saturated rings. The first kappa shape index (κ1) is 21.0. The lowest BCUT2D eigenvalue weighted by molar-refractivity contribution is -0.385. The van der Waals surface area contributed by atoms with E-state index in [1.165, 1.54) is 5.56 Å². The molecule has 0 spiro atoms. The first-order valence-corrected chi connectivity index (χ1v) is 10.1. The molecule has 1 aliphatic heterocycles. The molecule has 29 heavy (non-hydrogen) atoms. The molecule has 0 saturated carbocycles. The predicted octanol–water partition coefficient (Wildman–Crippen LogP) is 4.07. The lowest BCUT2D eigenvalue weighted by atomic mass is 9.88. The molecule has 0 radical (unpaired) electrons. The number of amides is 1. The zero-order valence-corrected chi connectivity index (χ0v) is 17.3. The van der Waals surface area contributed by atoms with Gasteiger partial charge in [0.05, 0.1) is 4.92 Å². The number of para-hydroxylation sites is 1. The molecule has 2 aromatic carbocycles. The Morgan fingerprint density at radius 1 is 1.14 bits per heavy atom. The molecule has 6 heteroatoms. The molecule has 2 aromatic rings. The SMILES string of the molecule is CC(=O)N(CC1CN(Cc2ccccc2[N+](=O)[O-])CC1c1ccccc1)C(C)C. The van der Waals surface area contributed by atoms with Gasteiger partial charge in [-0.3, -0.25) is 19.8 Å². The molecule has 3 rings (SSSR count). The van der Waals surface area contributed by atoms with Gasteiger partial charge in [-0.1, -0.05) is 48.5 Å². The summed E-state index contributed by atoms with van der Waals surface area (Å²) in [5, 5.41) is 11.4. The van der Waals surface area contributed by atoms with Gasteiger partial charge in [-0.15, -0.1) is 0 Å². The number of carbonyl (C=O) groups is 1. The average molecular weight is 396 g/mol. The average Bonchev–Trinajstić information content (AvgIpc) is 3.09. The van der Waals surface area contributed by atoms with E-state index >= 15 is 0 Å². The van der Waals surface area contributed by atoms with Crippen LogP contribution in [0.2, 0.25) is 0 Å². The van der Waals surface area contributed by atoms with Gasteiger partial charge in [0.2, 0.25) is 5.91 Å². The van der Waals surface area contributed by atoms with Crippen LogP contribution in [0.5, 0.6) is 0 Å². The van der Waals surface area contributed by atoms with Crippen molar-refractivity contribution in [2.75, 3.05) is 19.6 Å². The van der Waals surface area contributed by atoms with Crippen molar-refractivity contribution >= 4 is 11.6 Å². The summed E-state index contributed by atoms with van der Waals surface area (Å²) in [5.41, 5.74) is 2.16. The van der Waals surface area contributed by atoms with Crippen LogP contribution in [-0.2, 0) is 11.3 Å². The third-order valence-corrected chi connectivity index (χ3v) is 5.79. The van der Waals surface area contributed by atoms with Crippen LogP contribution < -0.4 is 0 Å². The second-order valence-corrected chi connectivity index (χ2v) is 8.12. The number of nitrogens with zero attached hydrogens (tertiary/aromatic N) is 3. The topological polar surface area (TPSA) is 66.7 Å². The van der Waals surface area contributed by atoms with Crippen LogP contribution in [0.4, 0.5) is 5.69 Å². The van der Waals surface area contributed by atoms with E-state index in [0.29, 0.717) is 19.0 Å². The molecule has 1 saturated heterocycles. The summed E-state index contributed by atoms with van der Waals surface area (Å²) >= 11 is 0. The van der Waals surface area contributed by atoms with Gasteiger partial charge in [0.15, 0.2) is 0 Å². The number of rotatable bonds is 7. The lowest BCUT2D eigenvalue weighted by Crippen LogP contribution is -2.40. The van der Waals surface area contributed by atoms with E-state index in [-0.39, 0.29) is 28.5 Å². The van der Waals surface area contributed by atoms with Crippen molar-refractivity contribution in [1.82, 2.24) is 9.80 Å². The largest absolute Gasteiger partial charge is 0.340 e. The zero-order valence-electron chi connectivity index (χ0n) is 17.3. The van der Waals surface area contributed by atoms with Crippen molar-refractivity contribution in [3.8, 4) is 0 Å². The monoisotopic (exact) mass is 395 g/mol. The fraction of sp³-hybridized carbons (Fsp3) is 0.435. The molecule has 0 bridgehead atoms. The number of likely N-dealkylation sites (tertiary alicyclic amines) is 1. The highest BCUT2D eigenvalue weighted by atomic mass is 16.6. The molecular weight excluding hydrogens is 366 g/mol. The summed E-state index contributed by atoms with van der Waals surface area (Å²) in [6, 6.07) is 17.5. The number of nitro benzene ring substituents is 1. The van der Waals surface area contributed by atoms with Crippen LogP contribution in [-0.4, -0.2) is 46.3 Å². The predicted molar refractivity (Wildman–Crippen MR) is 114 cm³/mol. The summed E-state index contributed by atoms with van der Waals surface area (Å²) < 4.78 is 0. The maximum atomic E-state index is 12.1. The van der Waals surface area contributed by atoms with Crippen molar-refractivity contribution in [3.05, 3.63) is 75.8 Å².